The lowest BCUT2D eigenvalue weighted by Gasteiger charge is -2.23. The maximum absolute atomic E-state index is 12.7. The molecule has 0 amide bonds. The molecule has 2 aromatic carbocycles. The van der Waals surface area contributed by atoms with Crippen LogP contribution in [0.3, 0.4) is 0 Å². The van der Waals surface area contributed by atoms with E-state index in [9.17, 15) is 9.59 Å². The molecule has 0 spiro atoms. The number of carbonyl (C=O) groups excluding carboxylic acids is 2. The van der Waals surface area contributed by atoms with E-state index >= 15 is 0 Å². The predicted molar refractivity (Wildman–Crippen MR) is 91.6 cm³/mol. The average Bonchev–Trinajstić information content (AvgIpc) is 2.63. The third-order valence-corrected chi connectivity index (χ3v) is 4.39. The maximum Gasteiger partial charge on any atom is 0.188 e. The van der Waals surface area contributed by atoms with Gasteiger partial charge in [0.2, 0.25) is 0 Å². The number of allylic oxidation sites excluding steroid dienone is 2. The molecule has 2 heteroatoms. The average molecular weight is 304 g/mol. The van der Waals surface area contributed by atoms with Crippen LogP contribution < -0.4 is 0 Å². The second kappa shape index (κ2) is 7.19. The highest BCUT2D eigenvalue weighted by Crippen LogP contribution is 2.31. The van der Waals surface area contributed by atoms with Crippen LogP contribution in [0.15, 0.2) is 72.3 Å². The normalized spacial score (nSPS) is 17.4. The highest BCUT2D eigenvalue weighted by atomic mass is 16.1. The number of hydrogen-bond donors (Lipinski definition) is 0. The van der Waals surface area contributed by atoms with Crippen molar-refractivity contribution in [1.29, 1.82) is 0 Å². The quantitative estimate of drug-likeness (QED) is 0.739. The van der Waals surface area contributed by atoms with Crippen LogP contribution in [0.1, 0.15) is 46.4 Å². The van der Waals surface area contributed by atoms with Crippen molar-refractivity contribution in [3.8, 4) is 0 Å². The Bertz CT molecular complexity index is 714. The topological polar surface area (TPSA) is 34.1 Å². The minimum Gasteiger partial charge on any atom is -0.294 e. The Labute approximate surface area is 136 Å². The Hall–Kier alpha value is -2.48. The molecule has 0 unspecified atom stereocenters. The van der Waals surface area contributed by atoms with Gasteiger partial charge >= 0.3 is 0 Å². The summed E-state index contributed by atoms with van der Waals surface area (Å²) >= 11 is 0. The Kier molecular flexibility index (Phi) is 4.82. The number of carbonyl (C=O) groups is 2. The molecule has 116 valence electrons. The first kappa shape index (κ1) is 15.4. The molecule has 0 bridgehead atoms. The molecular weight excluding hydrogens is 284 g/mol. The number of hydrogen-bond acceptors (Lipinski definition) is 2. The molecule has 2 aromatic rings. The van der Waals surface area contributed by atoms with Gasteiger partial charge in [0.1, 0.15) is 0 Å². The van der Waals surface area contributed by atoms with Crippen molar-refractivity contribution < 1.29 is 9.59 Å². The molecule has 1 aliphatic carbocycles. The van der Waals surface area contributed by atoms with E-state index in [-0.39, 0.29) is 17.5 Å². The summed E-state index contributed by atoms with van der Waals surface area (Å²) < 4.78 is 0. The molecule has 23 heavy (non-hydrogen) atoms. The molecule has 0 saturated heterocycles. The molecule has 1 aliphatic rings. The zero-order valence-corrected chi connectivity index (χ0v) is 13.1. The summed E-state index contributed by atoms with van der Waals surface area (Å²) in [6.45, 7) is 0. The lowest BCUT2D eigenvalue weighted by atomic mass is 9.80. The SMILES string of the molecule is O=C(C[C@@H]1CCCC=C1C(=O)c1ccccc1)c1ccccc1. The summed E-state index contributed by atoms with van der Waals surface area (Å²) in [5.41, 5.74) is 2.24. The van der Waals surface area contributed by atoms with Gasteiger partial charge in [-0.05, 0) is 30.8 Å². The van der Waals surface area contributed by atoms with Crippen molar-refractivity contribution in [2.24, 2.45) is 5.92 Å². The van der Waals surface area contributed by atoms with Gasteiger partial charge in [-0.25, -0.2) is 0 Å². The summed E-state index contributed by atoms with van der Waals surface area (Å²) in [4.78, 5) is 25.2. The van der Waals surface area contributed by atoms with E-state index in [2.05, 4.69) is 0 Å². The van der Waals surface area contributed by atoms with E-state index in [1.54, 1.807) is 0 Å². The van der Waals surface area contributed by atoms with Crippen LogP contribution >= 0.6 is 0 Å². The molecule has 0 radical (unpaired) electrons. The van der Waals surface area contributed by atoms with E-state index in [0.717, 1.165) is 30.4 Å². The van der Waals surface area contributed by atoms with E-state index in [0.29, 0.717) is 12.0 Å². The number of rotatable bonds is 5. The van der Waals surface area contributed by atoms with Crippen LogP contribution in [0.4, 0.5) is 0 Å². The van der Waals surface area contributed by atoms with E-state index < -0.39 is 0 Å². The first-order valence-corrected chi connectivity index (χ1v) is 8.14. The van der Waals surface area contributed by atoms with Crippen LogP contribution in [-0.4, -0.2) is 11.6 Å². The maximum atomic E-state index is 12.7. The van der Waals surface area contributed by atoms with E-state index in [4.69, 9.17) is 0 Å². The van der Waals surface area contributed by atoms with Crippen molar-refractivity contribution in [3.63, 3.8) is 0 Å². The molecule has 2 nitrogen and oxygen atoms in total. The van der Waals surface area contributed by atoms with Gasteiger partial charge in [-0.15, -0.1) is 0 Å². The summed E-state index contributed by atoms with van der Waals surface area (Å²) in [5.74, 6) is 0.213. The Morgan fingerprint density at radius 1 is 0.870 bits per heavy atom. The summed E-state index contributed by atoms with van der Waals surface area (Å²) in [5, 5.41) is 0. The van der Waals surface area contributed by atoms with Crippen LogP contribution in [0.2, 0.25) is 0 Å². The van der Waals surface area contributed by atoms with Gasteiger partial charge in [-0.1, -0.05) is 66.7 Å². The molecule has 3 rings (SSSR count). The van der Waals surface area contributed by atoms with Crippen LogP contribution in [0.25, 0.3) is 0 Å². The first-order chi connectivity index (χ1) is 11.3. The summed E-state index contributed by atoms with van der Waals surface area (Å²) in [6.07, 6.45) is 5.31. The fourth-order valence-corrected chi connectivity index (χ4v) is 3.16. The minimum atomic E-state index is 0.0316. The number of ketones is 2. The van der Waals surface area contributed by atoms with Gasteiger partial charge in [0.05, 0.1) is 0 Å². The fourth-order valence-electron chi connectivity index (χ4n) is 3.16. The molecule has 0 fully saturated rings. The van der Waals surface area contributed by atoms with Crippen molar-refractivity contribution in [1.82, 2.24) is 0 Å². The Balaban J connectivity index is 1.78. The fraction of sp³-hybridized carbons (Fsp3) is 0.238. The highest BCUT2D eigenvalue weighted by Gasteiger charge is 2.26. The van der Waals surface area contributed by atoms with Gasteiger partial charge in [-0.3, -0.25) is 9.59 Å². The van der Waals surface area contributed by atoms with Crippen LogP contribution in [0.5, 0.6) is 0 Å². The van der Waals surface area contributed by atoms with Crippen molar-refractivity contribution >= 4 is 11.6 Å². The van der Waals surface area contributed by atoms with Gasteiger partial charge in [0.15, 0.2) is 11.6 Å². The molecule has 1 atom stereocenters. The monoisotopic (exact) mass is 304 g/mol. The zero-order chi connectivity index (χ0) is 16.1. The van der Waals surface area contributed by atoms with E-state index in [1.807, 2.05) is 66.7 Å². The van der Waals surface area contributed by atoms with Crippen molar-refractivity contribution in [2.75, 3.05) is 0 Å². The van der Waals surface area contributed by atoms with Gasteiger partial charge < -0.3 is 0 Å². The molecule has 0 N–H and O–H groups in total. The van der Waals surface area contributed by atoms with Gasteiger partial charge in [0, 0.05) is 17.5 Å². The van der Waals surface area contributed by atoms with Crippen LogP contribution in [0, 0.1) is 5.92 Å². The predicted octanol–water partition coefficient (Wildman–Crippen LogP) is 4.87. The molecular formula is C21H20O2. The third-order valence-electron chi connectivity index (χ3n) is 4.39. The van der Waals surface area contributed by atoms with Gasteiger partial charge in [0.25, 0.3) is 0 Å². The first-order valence-electron chi connectivity index (χ1n) is 8.14. The third kappa shape index (κ3) is 3.65. The second-order valence-corrected chi connectivity index (χ2v) is 5.98. The molecule has 0 saturated carbocycles. The standard InChI is InChI=1S/C21H20O2/c22-20(16-9-3-1-4-10-16)15-18-13-7-8-14-19(18)21(23)17-11-5-2-6-12-17/h1-6,9-12,14,18H,7-8,13,15H2/t18-/m0/s1. The summed E-state index contributed by atoms with van der Waals surface area (Å²) in [6, 6.07) is 18.7. The number of benzene rings is 2. The molecule has 0 aliphatic heterocycles. The van der Waals surface area contributed by atoms with Crippen LogP contribution in [-0.2, 0) is 0 Å². The lowest BCUT2D eigenvalue weighted by Crippen LogP contribution is -2.20. The summed E-state index contributed by atoms with van der Waals surface area (Å²) in [7, 11) is 0. The minimum absolute atomic E-state index is 0.0316. The van der Waals surface area contributed by atoms with Crippen molar-refractivity contribution in [2.45, 2.75) is 25.7 Å². The second-order valence-electron chi connectivity index (χ2n) is 5.98. The largest absolute Gasteiger partial charge is 0.294 e. The highest BCUT2D eigenvalue weighted by molar-refractivity contribution is 6.09. The van der Waals surface area contributed by atoms with Crippen molar-refractivity contribution in [3.05, 3.63) is 83.4 Å². The van der Waals surface area contributed by atoms with E-state index in [1.165, 1.54) is 0 Å². The Morgan fingerprint density at radius 2 is 1.48 bits per heavy atom. The number of Topliss-reactive ketones (excluding diaryl/α,β-unsaturated/α-hetero) is 2. The van der Waals surface area contributed by atoms with Gasteiger partial charge in [-0.2, -0.15) is 0 Å². The molecule has 0 heterocycles. The zero-order valence-electron chi connectivity index (χ0n) is 13.1. The Morgan fingerprint density at radius 3 is 2.13 bits per heavy atom. The lowest BCUT2D eigenvalue weighted by molar-refractivity contribution is 0.0953. The molecule has 0 aromatic heterocycles. The smallest absolute Gasteiger partial charge is 0.188 e.